The van der Waals surface area contributed by atoms with E-state index in [1.54, 1.807) is 6.08 Å². The zero-order valence-corrected chi connectivity index (χ0v) is 14.9. The van der Waals surface area contributed by atoms with Crippen molar-refractivity contribution in [1.29, 1.82) is 0 Å². The lowest BCUT2D eigenvalue weighted by molar-refractivity contribution is -0.134. The molecule has 0 radical (unpaired) electrons. The number of esters is 1. The quantitative estimate of drug-likeness (QED) is 0.599. The third-order valence-electron chi connectivity index (χ3n) is 4.83. The molecule has 0 bridgehead atoms. The Kier molecular flexibility index (Phi) is 5.66. The number of carbonyl (C=O) groups is 1. The van der Waals surface area contributed by atoms with Gasteiger partial charge >= 0.3 is 5.97 Å². The Morgan fingerprint density at radius 2 is 2.08 bits per heavy atom. The van der Waals surface area contributed by atoms with Gasteiger partial charge in [0.25, 0.3) is 0 Å². The van der Waals surface area contributed by atoms with Gasteiger partial charge in [-0.05, 0) is 49.6 Å². The van der Waals surface area contributed by atoms with Gasteiger partial charge in [0.1, 0.15) is 0 Å². The van der Waals surface area contributed by atoms with Crippen LogP contribution in [-0.4, -0.2) is 40.8 Å². The molecule has 0 N–H and O–H groups in total. The van der Waals surface area contributed by atoms with Crippen molar-refractivity contribution in [3.8, 4) is 0 Å². The van der Waals surface area contributed by atoms with Crippen LogP contribution < -0.4 is 0 Å². The average Bonchev–Trinajstić information content (AvgIpc) is 3.27. The van der Waals surface area contributed by atoms with Crippen molar-refractivity contribution >= 4 is 12.0 Å². The van der Waals surface area contributed by atoms with Gasteiger partial charge < -0.3 is 4.74 Å². The number of methoxy groups -OCH3 is 1. The van der Waals surface area contributed by atoms with E-state index < -0.39 is 0 Å². The van der Waals surface area contributed by atoms with Gasteiger partial charge in [0, 0.05) is 30.6 Å². The molecule has 1 aromatic heterocycles. The third-order valence-corrected chi connectivity index (χ3v) is 4.83. The van der Waals surface area contributed by atoms with Gasteiger partial charge in [-0.25, -0.2) is 4.79 Å². The Bertz CT molecular complexity index is 734. The lowest BCUT2D eigenvalue weighted by Gasteiger charge is -2.25. The van der Waals surface area contributed by atoms with Gasteiger partial charge in [0.2, 0.25) is 0 Å². The zero-order chi connectivity index (χ0) is 17.6. The molecule has 2 aromatic rings. The van der Waals surface area contributed by atoms with Crippen LogP contribution >= 0.6 is 0 Å². The standard InChI is InChI=1S/C20H25N3O2/c1-16-11-12-21-23(16)15-14-22-13-3-4-19(22)18-8-5-17(6-9-18)7-10-20(24)25-2/h5-12,19H,3-4,13-15H2,1-2H3. The molecule has 0 amide bonds. The summed E-state index contributed by atoms with van der Waals surface area (Å²) in [4.78, 5) is 13.7. The molecule has 0 saturated carbocycles. The molecule has 1 fully saturated rings. The van der Waals surface area contributed by atoms with Crippen molar-refractivity contribution in [2.75, 3.05) is 20.2 Å². The van der Waals surface area contributed by atoms with Gasteiger partial charge in [0.05, 0.1) is 13.7 Å². The summed E-state index contributed by atoms with van der Waals surface area (Å²) in [7, 11) is 1.38. The van der Waals surface area contributed by atoms with E-state index in [0.29, 0.717) is 6.04 Å². The van der Waals surface area contributed by atoms with Crippen LogP contribution in [0.4, 0.5) is 0 Å². The van der Waals surface area contributed by atoms with E-state index in [0.717, 1.165) is 25.2 Å². The molecule has 3 rings (SSSR count). The Hall–Kier alpha value is -2.40. The number of hydrogen-bond acceptors (Lipinski definition) is 4. The Labute approximate surface area is 148 Å². The number of aromatic nitrogens is 2. The van der Waals surface area contributed by atoms with Crippen molar-refractivity contribution in [3.05, 3.63) is 59.4 Å². The van der Waals surface area contributed by atoms with E-state index in [1.165, 1.54) is 37.3 Å². The molecule has 1 saturated heterocycles. The van der Waals surface area contributed by atoms with Gasteiger partial charge in [0.15, 0.2) is 0 Å². The number of rotatable bonds is 6. The Morgan fingerprint density at radius 3 is 2.76 bits per heavy atom. The van der Waals surface area contributed by atoms with Gasteiger partial charge in [-0.2, -0.15) is 5.10 Å². The molecule has 2 heterocycles. The Balaban J connectivity index is 1.62. The second-order valence-corrected chi connectivity index (χ2v) is 6.41. The first-order valence-corrected chi connectivity index (χ1v) is 8.76. The van der Waals surface area contributed by atoms with Gasteiger partial charge in [-0.1, -0.05) is 24.3 Å². The lowest BCUT2D eigenvalue weighted by atomic mass is 10.0. The molecular weight excluding hydrogens is 314 g/mol. The van der Waals surface area contributed by atoms with Crippen molar-refractivity contribution in [2.24, 2.45) is 0 Å². The summed E-state index contributed by atoms with van der Waals surface area (Å²) >= 11 is 0. The second kappa shape index (κ2) is 8.12. The summed E-state index contributed by atoms with van der Waals surface area (Å²) in [6.07, 6.45) is 7.51. The molecular formula is C20H25N3O2. The third kappa shape index (κ3) is 4.37. The van der Waals surface area contributed by atoms with E-state index >= 15 is 0 Å². The number of carbonyl (C=O) groups excluding carboxylic acids is 1. The van der Waals surface area contributed by atoms with Crippen molar-refractivity contribution < 1.29 is 9.53 Å². The molecule has 1 aromatic carbocycles. The van der Waals surface area contributed by atoms with Crippen LogP contribution in [0.1, 0.15) is 35.7 Å². The number of benzene rings is 1. The minimum absolute atomic E-state index is 0.333. The molecule has 1 atom stereocenters. The fourth-order valence-corrected chi connectivity index (χ4v) is 3.39. The molecule has 25 heavy (non-hydrogen) atoms. The van der Waals surface area contributed by atoms with E-state index in [1.807, 2.05) is 12.3 Å². The first kappa shape index (κ1) is 17.4. The maximum absolute atomic E-state index is 11.2. The lowest BCUT2D eigenvalue weighted by Crippen LogP contribution is -2.27. The van der Waals surface area contributed by atoms with Crippen LogP contribution in [-0.2, 0) is 16.1 Å². The molecule has 5 heteroatoms. The van der Waals surface area contributed by atoms with Crippen LogP contribution in [0.25, 0.3) is 6.08 Å². The van der Waals surface area contributed by atoms with Crippen LogP contribution in [0, 0.1) is 6.92 Å². The number of aryl methyl sites for hydroxylation is 1. The fraction of sp³-hybridized carbons (Fsp3) is 0.400. The van der Waals surface area contributed by atoms with Crippen LogP contribution in [0.2, 0.25) is 0 Å². The highest BCUT2D eigenvalue weighted by Crippen LogP contribution is 2.31. The zero-order valence-electron chi connectivity index (χ0n) is 14.9. The van der Waals surface area contributed by atoms with E-state index in [9.17, 15) is 4.79 Å². The first-order valence-electron chi connectivity index (χ1n) is 8.76. The molecule has 1 aliphatic rings. The molecule has 0 spiro atoms. The summed E-state index contributed by atoms with van der Waals surface area (Å²) in [5.41, 5.74) is 3.55. The molecule has 132 valence electrons. The smallest absolute Gasteiger partial charge is 0.330 e. The summed E-state index contributed by atoms with van der Waals surface area (Å²) in [5.74, 6) is -0.333. The summed E-state index contributed by atoms with van der Waals surface area (Å²) in [6.45, 7) is 5.16. The van der Waals surface area contributed by atoms with Crippen molar-refractivity contribution in [1.82, 2.24) is 14.7 Å². The van der Waals surface area contributed by atoms with Gasteiger partial charge in [-0.3, -0.25) is 9.58 Å². The van der Waals surface area contributed by atoms with E-state index in [2.05, 4.69) is 50.6 Å². The highest BCUT2D eigenvalue weighted by atomic mass is 16.5. The number of nitrogens with zero attached hydrogens (tertiary/aromatic N) is 3. The minimum atomic E-state index is -0.333. The molecule has 1 unspecified atom stereocenters. The van der Waals surface area contributed by atoms with Crippen LogP contribution in [0.15, 0.2) is 42.6 Å². The predicted molar refractivity (Wildman–Crippen MR) is 98.0 cm³/mol. The molecule has 1 aliphatic heterocycles. The maximum Gasteiger partial charge on any atom is 0.330 e. The molecule has 5 nitrogen and oxygen atoms in total. The summed E-state index contributed by atoms with van der Waals surface area (Å²) < 4.78 is 6.68. The number of hydrogen-bond donors (Lipinski definition) is 0. The highest BCUT2D eigenvalue weighted by Gasteiger charge is 2.25. The summed E-state index contributed by atoms with van der Waals surface area (Å²) in [6, 6.07) is 11.0. The number of likely N-dealkylation sites (tertiary alicyclic amines) is 1. The van der Waals surface area contributed by atoms with Crippen LogP contribution in [0.3, 0.4) is 0 Å². The van der Waals surface area contributed by atoms with Crippen molar-refractivity contribution in [3.63, 3.8) is 0 Å². The Morgan fingerprint density at radius 1 is 1.28 bits per heavy atom. The SMILES string of the molecule is COC(=O)C=Cc1ccc(C2CCCN2CCn2nccc2C)cc1. The topological polar surface area (TPSA) is 47.4 Å². The largest absolute Gasteiger partial charge is 0.466 e. The van der Waals surface area contributed by atoms with E-state index in [-0.39, 0.29) is 5.97 Å². The van der Waals surface area contributed by atoms with E-state index in [4.69, 9.17) is 0 Å². The first-order chi connectivity index (χ1) is 12.2. The minimum Gasteiger partial charge on any atom is -0.466 e. The molecule has 0 aliphatic carbocycles. The van der Waals surface area contributed by atoms with Crippen LogP contribution in [0.5, 0.6) is 0 Å². The predicted octanol–water partition coefficient (Wildman–Crippen LogP) is 3.21. The fourth-order valence-electron chi connectivity index (χ4n) is 3.39. The van der Waals surface area contributed by atoms with Crippen molar-refractivity contribution in [2.45, 2.75) is 32.4 Å². The normalized spacial score (nSPS) is 18.1. The van der Waals surface area contributed by atoms with Gasteiger partial charge in [-0.15, -0.1) is 0 Å². The monoisotopic (exact) mass is 339 g/mol. The summed E-state index contributed by atoms with van der Waals surface area (Å²) in [5, 5.41) is 4.37. The average molecular weight is 339 g/mol. The maximum atomic E-state index is 11.2. The number of ether oxygens (including phenoxy) is 1. The second-order valence-electron chi connectivity index (χ2n) is 6.41. The highest BCUT2D eigenvalue weighted by molar-refractivity contribution is 5.86.